The first-order chi connectivity index (χ1) is 14.8. The smallest absolute Gasteiger partial charge is 0.328 e. The van der Waals surface area contributed by atoms with Crippen molar-refractivity contribution in [2.45, 2.75) is 31.7 Å². The van der Waals surface area contributed by atoms with Gasteiger partial charge in [0.1, 0.15) is 0 Å². The van der Waals surface area contributed by atoms with Gasteiger partial charge in [-0.25, -0.2) is 4.79 Å². The van der Waals surface area contributed by atoms with E-state index in [2.05, 4.69) is 5.32 Å². The Morgan fingerprint density at radius 2 is 1.58 bits per heavy atom. The molecule has 0 fully saturated rings. The zero-order valence-electron chi connectivity index (χ0n) is 17.3. The van der Waals surface area contributed by atoms with Crippen LogP contribution in [-0.4, -0.2) is 45.8 Å². The van der Waals surface area contributed by atoms with Crippen LogP contribution in [0.15, 0.2) is 60.7 Å². The Hall–Kier alpha value is -2.97. The number of benzene rings is 2. The summed E-state index contributed by atoms with van der Waals surface area (Å²) in [5.74, 6) is -3.19. The molecule has 0 saturated carbocycles. The van der Waals surface area contributed by atoms with Crippen LogP contribution in [-0.2, 0) is 25.7 Å². The highest BCUT2D eigenvalue weighted by molar-refractivity contribution is 8.14. The van der Waals surface area contributed by atoms with Gasteiger partial charge in [-0.3, -0.25) is 14.4 Å². The van der Waals surface area contributed by atoms with E-state index in [1.807, 2.05) is 30.3 Å². The number of thioether (sulfide) groups is 1. The summed E-state index contributed by atoms with van der Waals surface area (Å²) in [5, 5.41) is 10.6. The molecule has 7 nitrogen and oxygen atoms in total. The molecule has 0 radical (unpaired) electrons. The molecule has 0 spiro atoms. The standard InChI is InChI=1S/C23H25NO6S/c1-15(21(31-16(2)25)20(26)18-11-7-4-8-12-18)22(27)24-19(23(28)29)14-30-13-17-9-5-3-6-10-17/h3-12,15,19,21H,13-14H2,1-2H3,(H,24,27)(H,28,29)/t15?,19-,21?/m0/s1. The lowest BCUT2D eigenvalue weighted by Gasteiger charge is -2.23. The molecule has 0 aromatic heterocycles. The third-order valence-corrected chi connectivity index (χ3v) is 5.70. The first kappa shape index (κ1) is 24.3. The van der Waals surface area contributed by atoms with Crippen LogP contribution in [0.25, 0.3) is 0 Å². The molecule has 0 aliphatic rings. The van der Waals surface area contributed by atoms with Gasteiger partial charge in [0.2, 0.25) is 5.91 Å². The quantitative estimate of drug-likeness (QED) is 0.514. The molecule has 0 saturated heterocycles. The summed E-state index contributed by atoms with van der Waals surface area (Å²) in [7, 11) is 0. The van der Waals surface area contributed by atoms with Crippen LogP contribution in [0.4, 0.5) is 0 Å². The van der Waals surface area contributed by atoms with Crippen molar-refractivity contribution >= 4 is 34.5 Å². The topological polar surface area (TPSA) is 110 Å². The first-order valence-corrected chi connectivity index (χ1v) is 10.6. The van der Waals surface area contributed by atoms with Crippen LogP contribution < -0.4 is 5.32 Å². The number of amides is 1. The highest BCUT2D eigenvalue weighted by atomic mass is 32.2. The van der Waals surface area contributed by atoms with E-state index < -0.39 is 29.1 Å². The minimum Gasteiger partial charge on any atom is -0.480 e. The van der Waals surface area contributed by atoms with Crippen molar-refractivity contribution in [1.82, 2.24) is 5.32 Å². The number of aliphatic carboxylic acids is 1. The number of carbonyl (C=O) groups is 4. The van der Waals surface area contributed by atoms with Crippen LogP contribution in [0.1, 0.15) is 29.8 Å². The zero-order valence-corrected chi connectivity index (χ0v) is 18.1. The summed E-state index contributed by atoms with van der Waals surface area (Å²) in [6, 6.07) is 16.3. The monoisotopic (exact) mass is 443 g/mol. The zero-order chi connectivity index (χ0) is 22.8. The van der Waals surface area contributed by atoms with Gasteiger partial charge in [0, 0.05) is 12.5 Å². The van der Waals surface area contributed by atoms with E-state index >= 15 is 0 Å². The van der Waals surface area contributed by atoms with E-state index in [1.165, 1.54) is 13.8 Å². The van der Waals surface area contributed by atoms with Crippen molar-refractivity contribution in [3.8, 4) is 0 Å². The Morgan fingerprint density at radius 1 is 1.00 bits per heavy atom. The number of ether oxygens (including phenoxy) is 1. The summed E-state index contributed by atoms with van der Waals surface area (Å²) in [6.07, 6.45) is 0. The van der Waals surface area contributed by atoms with Crippen LogP contribution in [0.3, 0.4) is 0 Å². The fourth-order valence-electron chi connectivity index (χ4n) is 2.81. The van der Waals surface area contributed by atoms with Crippen molar-refractivity contribution in [2.75, 3.05) is 6.61 Å². The molecule has 0 aliphatic heterocycles. The Balaban J connectivity index is 2.04. The van der Waals surface area contributed by atoms with Gasteiger partial charge in [-0.2, -0.15) is 0 Å². The van der Waals surface area contributed by atoms with Gasteiger partial charge in [-0.1, -0.05) is 79.3 Å². The van der Waals surface area contributed by atoms with Crippen LogP contribution in [0.5, 0.6) is 0 Å². The van der Waals surface area contributed by atoms with Crippen LogP contribution >= 0.6 is 11.8 Å². The first-order valence-electron chi connectivity index (χ1n) is 9.71. The number of hydrogen-bond donors (Lipinski definition) is 2. The third-order valence-electron chi connectivity index (χ3n) is 4.49. The molecule has 31 heavy (non-hydrogen) atoms. The number of nitrogens with one attached hydrogen (secondary N) is 1. The number of hydrogen-bond acceptors (Lipinski definition) is 6. The van der Waals surface area contributed by atoms with Gasteiger partial charge in [0.05, 0.1) is 24.4 Å². The maximum Gasteiger partial charge on any atom is 0.328 e. The summed E-state index contributed by atoms with van der Waals surface area (Å²) in [6.45, 7) is 2.78. The van der Waals surface area contributed by atoms with E-state index in [0.717, 1.165) is 17.3 Å². The molecule has 0 aliphatic carbocycles. The number of carboxylic acids is 1. The van der Waals surface area contributed by atoms with Gasteiger partial charge >= 0.3 is 5.97 Å². The lowest BCUT2D eigenvalue weighted by Crippen LogP contribution is -2.48. The Morgan fingerprint density at radius 3 is 2.13 bits per heavy atom. The minimum absolute atomic E-state index is 0.200. The SMILES string of the molecule is CC(=O)SC(C(=O)c1ccccc1)C(C)C(=O)N[C@@H](COCc1ccccc1)C(=O)O. The van der Waals surface area contributed by atoms with Gasteiger partial charge in [0.15, 0.2) is 16.9 Å². The van der Waals surface area contributed by atoms with Crippen molar-refractivity contribution in [3.63, 3.8) is 0 Å². The molecule has 2 aromatic carbocycles. The maximum absolute atomic E-state index is 12.9. The van der Waals surface area contributed by atoms with E-state index in [-0.39, 0.29) is 24.1 Å². The van der Waals surface area contributed by atoms with Gasteiger partial charge in [-0.05, 0) is 5.56 Å². The van der Waals surface area contributed by atoms with Gasteiger partial charge < -0.3 is 15.2 Å². The van der Waals surface area contributed by atoms with E-state index in [0.29, 0.717) is 5.56 Å². The molecule has 0 bridgehead atoms. The summed E-state index contributed by atoms with van der Waals surface area (Å²) in [5.41, 5.74) is 1.25. The lowest BCUT2D eigenvalue weighted by molar-refractivity contribution is -0.144. The molecule has 2 N–H and O–H groups in total. The maximum atomic E-state index is 12.9. The fourth-order valence-corrected chi connectivity index (χ4v) is 3.74. The molecule has 164 valence electrons. The Bertz CT molecular complexity index is 903. The molecular formula is C23H25NO6S. The molecule has 3 atom stereocenters. The highest BCUT2D eigenvalue weighted by Gasteiger charge is 2.34. The number of rotatable bonds is 11. The predicted octanol–water partition coefficient (Wildman–Crippen LogP) is 2.94. The lowest BCUT2D eigenvalue weighted by atomic mass is 9.98. The summed E-state index contributed by atoms with van der Waals surface area (Å²) >= 11 is 0.762. The van der Waals surface area contributed by atoms with Gasteiger partial charge in [0.25, 0.3) is 0 Å². The van der Waals surface area contributed by atoms with E-state index in [9.17, 15) is 24.3 Å². The molecular weight excluding hydrogens is 418 g/mol. The summed E-state index contributed by atoms with van der Waals surface area (Å²) in [4.78, 5) is 48.9. The average molecular weight is 444 g/mol. The molecule has 2 unspecified atom stereocenters. The van der Waals surface area contributed by atoms with Gasteiger partial charge in [-0.15, -0.1) is 0 Å². The second-order valence-electron chi connectivity index (χ2n) is 6.95. The molecule has 2 rings (SSSR count). The molecule has 1 amide bonds. The Kier molecular flexibility index (Phi) is 9.42. The predicted molar refractivity (Wildman–Crippen MR) is 118 cm³/mol. The minimum atomic E-state index is -1.28. The second-order valence-corrected chi connectivity index (χ2v) is 8.27. The van der Waals surface area contributed by atoms with E-state index in [4.69, 9.17) is 4.74 Å². The van der Waals surface area contributed by atoms with Crippen molar-refractivity contribution in [3.05, 3.63) is 71.8 Å². The third kappa shape index (κ3) is 7.66. The van der Waals surface area contributed by atoms with Crippen molar-refractivity contribution in [2.24, 2.45) is 5.92 Å². The molecule has 0 heterocycles. The van der Waals surface area contributed by atoms with Crippen LogP contribution in [0.2, 0.25) is 0 Å². The number of carbonyl (C=O) groups excluding carboxylic acids is 3. The largest absolute Gasteiger partial charge is 0.480 e. The fraction of sp³-hybridized carbons (Fsp3) is 0.304. The number of ketones is 1. The van der Waals surface area contributed by atoms with E-state index in [1.54, 1.807) is 30.3 Å². The number of Topliss-reactive ketones (excluding diaryl/α,β-unsaturated/α-hetero) is 1. The molecule has 8 heteroatoms. The number of carboxylic acid groups (broad SMARTS) is 1. The Labute approximate surface area is 185 Å². The van der Waals surface area contributed by atoms with Crippen molar-refractivity contribution < 1.29 is 29.0 Å². The normalized spacial score (nSPS) is 13.6. The molecule has 2 aromatic rings. The second kappa shape index (κ2) is 12.0. The summed E-state index contributed by atoms with van der Waals surface area (Å²) < 4.78 is 5.44. The van der Waals surface area contributed by atoms with Crippen LogP contribution in [0, 0.1) is 5.92 Å². The van der Waals surface area contributed by atoms with Crippen molar-refractivity contribution in [1.29, 1.82) is 0 Å². The average Bonchev–Trinajstić information content (AvgIpc) is 2.76. The highest BCUT2D eigenvalue weighted by Crippen LogP contribution is 2.25.